The minimum absolute atomic E-state index is 0.0783. The SMILES string of the molecule is Nc1nc2nc[nH]c2c(=O)[nH]1.OB(O)O. The molecule has 0 aliphatic heterocycles. The average Bonchev–Trinajstić information content (AvgIpc) is 2.50. The van der Waals surface area contributed by atoms with Crippen LogP contribution in [-0.4, -0.2) is 42.3 Å². The van der Waals surface area contributed by atoms with Gasteiger partial charge in [-0.15, -0.1) is 0 Å². The number of nitrogens with zero attached hydrogens (tertiary/aromatic N) is 2. The Kier molecular flexibility index (Phi) is 3.39. The Morgan fingerprint density at radius 2 is 2.00 bits per heavy atom. The number of anilines is 1. The third-order valence-electron chi connectivity index (χ3n) is 1.31. The molecule has 0 saturated carbocycles. The summed E-state index contributed by atoms with van der Waals surface area (Å²) in [6, 6.07) is 0. The number of nitrogens with one attached hydrogen (secondary N) is 2. The summed E-state index contributed by atoms with van der Waals surface area (Å²) in [5, 5.41) is 21.5. The number of fused-ring (bicyclic) bond motifs is 1. The highest BCUT2D eigenvalue weighted by molar-refractivity contribution is 6.30. The lowest BCUT2D eigenvalue weighted by atomic mass is 10.3. The van der Waals surface area contributed by atoms with E-state index in [4.69, 9.17) is 20.8 Å². The summed E-state index contributed by atoms with van der Waals surface area (Å²) in [6.07, 6.45) is 1.40. The van der Waals surface area contributed by atoms with E-state index in [1.165, 1.54) is 6.33 Å². The van der Waals surface area contributed by atoms with Crippen molar-refractivity contribution in [2.75, 3.05) is 5.73 Å². The van der Waals surface area contributed by atoms with E-state index in [9.17, 15) is 4.79 Å². The maximum Gasteiger partial charge on any atom is 0.631 e. The second-order valence-electron chi connectivity index (χ2n) is 2.40. The van der Waals surface area contributed by atoms with Gasteiger partial charge >= 0.3 is 7.32 Å². The Hall–Kier alpha value is -1.91. The first-order valence-corrected chi connectivity index (χ1v) is 3.74. The van der Waals surface area contributed by atoms with Crippen molar-refractivity contribution >= 4 is 24.4 Å². The van der Waals surface area contributed by atoms with Gasteiger partial charge < -0.3 is 25.8 Å². The highest BCUT2D eigenvalue weighted by atomic mass is 16.5. The minimum atomic E-state index is -2.17. The van der Waals surface area contributed by atoms with Crippen LogP contribution in [0.15, 0.2) is 11.1 Å². The average molecular weight is 213 g/mol. The molecule has 9 nitrogen and oxygen atoms in total. The normalized spacial score (nSPS) is 9.53. The molecule has 2 aromatic heterocycles. The van der Waals surface area contributed by atoms with Gasteiger partial charge in [0.1, 0.15) is 0 Å². The molecule has 0 bridgehead atoms. The Morgan fingerprint density at radius 1 is 1.40 bits per heavy atom. The summed E-state index contributed by atoms with van der Waals surface area (Å²) in [4.78, 5) is 23.5. The fraction of sp³-hybridized carbons (Fsp3) is 0. The molecule has 15 heavy (non-hydrogen) atoms. The number of aromatic nitrogens is 4. The molecule has 2 heterocycles. The first-order chi connectivity index (χ1) is 7.00. The fourth-order valence-electron chi connectivity index (χ4n) is 0.860. The summed E-state index contributed by atoms with van der Waals surface area (Å²) < 4.78 is 0. The van der Waals surface area contributed by atoms with E-state index < -0.39 is 7.32 Å². The van der Waals surface area contributed by atoms with Crippen LogP contribution >= 0.6 is 0 Å². The van der Waals surface area contributed by atoms with Gasteiger partial charge in [-0.25, -0.2) is 4.98 Å². The molecule has 0 spiro atoms. The highest BCUT2D eigenvalue weighted by Gasteiger charge is 2.01. The molecule has 0 unspecified atom stereocenters. The lowest BCUT2D eigenvalue weighted by Gasteiger charge is -1.89. The van der Waals surface area contributed by atoms with Crippen molar-refractivity contribution in [1.29, 1.82) is 0 Å². The van der Waals surface area contributed by atoms with Gasteiger partial charge in [-0.05, 0) is 0 Å². The van der Waals surface area contributed by atoms with Crippen molar-refractivity contribution in [3.05, 3.63) is 16.7 Å². The van der Waals surface area contributed by atoms with Crippen molar-refractivity contribution in [2.45, 2.75) is 0 Å². The van der Waals surface area contributed by atoms with Crippen LogP contribution in [0.25, 0.3) is 11.2 Å². The van der Waals surface area contributed by atoms with Crippen LogP contribution in [0, 0.1) is 0 Å². The van der Waals surface area contributed by atoms with Gasteiger partial charge in [0.25, 0.3) is 5.56 Å². The molecule has 0 radical (unpaired) electrons. The number of hydrogen-bond acceptors (Lipinski definition) is 7. The molecule has 0 atom stereocenters. The highest BCUT2D eigenvalue weighted by Crippen LogP contribution is 1.98. The summed E-state index contributed by atoms with van der Waals surface area (Å²) in [5.41, 5.74) is 5.65. The van der Waals surface area contributed by atoms with Crippen molar-refractivity contribution < 1.29 is 15.1 Å². The molecular formula is C5H8BN5O4. The van der Waals surface area contributed by atoms with E-state index >= 15 is 0 Å². The second-order valence-corrected chi connectivity index (χ2v) is 2.40. The molecule has 7 N–H and O–H groups in total. The van der Waals surface area contributed by atoms with Gasteiger partial charge in [0.15, 0.2) is 11.2 Å². The van der Waals surface area contributed by atoms with Gasteiger partial charge in [-0.3, -0.25) is 9.78 Å². The van der Waals surface area contributed by atoms with Crippen LogP contribution in [0.5, 0.6) is 0 Å². The van der Waals surface area contributed by atoms with Crippen LogP contribution in [0.4, 0.5) is 5.95 Å². The number of hydrogen-bond donors (Lipinski definition) is 6. The van der Waals surface area contributed by atoms with Gasteiger partial charge in [-0.2, -0.15) is 4.98 Å². The van der Waals surface area contributed by atoms with Crippen LogP contribution in [0.2, 0.25) is 0 Å². The van der Waals surface area contributed by atoms with Gasteiger partial charge in [0.2, 0.25) is 5.95 Å². The zero-order valence-corrected chi connectivity index (χ0v) is 7.38. The molecule has 0 fully saturated rings. The molecule has 80 valence electrons. The summed E-state index contributed by atoms with van der Waals surface area (Å²) >= 11 is 0. The van der Waals surface area contributed by atoms with E-state index in [1.807, 2.05) is 0 Å². The Labute approximate surface area is 82.8 Å². The molecule has 0 aromatic carbocycles. The van der Waals surface area contributed by atoms with Crippen molar-refractivity contribution in [3.63, 3.8) is 0 Å². The zero-order valence-electron chi connectivity index (χ0n) is 7.38. The topological polar surface area (TPSA) is 161 Å². The van der Waals surface area contributed by atoms with Crippen LogP contribution in [-0.2, 0) is 0 Å². The summed E-state index contributed by atoms with van der Waals surface area (Å²) in [7, 11) is -2.17. The number of H-pyrrole nitrogens is 2. The molecule has 2 rings (SSSR count). The molecule has 0 saturated heterocycles. The predicted molar refractivity (Wildman–Crippen MR) is 51.3 cm³/mol. The van der Waals surface area contributed by atoms with Crippen molar-refractivity contribution in [1.82, 2.24) is 19.9 Å². The van der Waals surface area contributed by atoms with Gasteiger partial charge in [0.05, 0.1) is 6.33 Å². The van der Waals surface area contributed by atoms with E-state index in [-0.39, 0.29) is 11.5 Å². The third kappa shape index (κ3) is 3.05. The first kappa shape index (κ1) is 11.2. The van der Waals surface area contributed by atoms with Crippen LogP contribution < -0.4 is 11.3 Å². The molecular weight excluding hydrogens is 205 g/mol. The summed E-state index contributed by atoms with van der Waals surface area (Å²) in [5.74, 6) is 0.0783. The molecule has 10 heteroatoms. The monoisotopic (exact) mass is 213 g/mol. The Morgan fingerprint density at radius 3 is 2.60 bits per heavy atom. The fourth-order valence-corrected chi connectivity index (χ4v) is 0.860. The van der Waals surface area contributed by atoms with E-state index in [1.54, 1.807) is 0 Å². The molecule has 0 aliphatic carbocycles. The number of aromatic amines is 2. The summed E-state index contributed by atoms with van der Waals surface area (Å²) in [6.45, 7) is 0. The standard InChI is InChI=1S/C5H5N5O.BH3O3/c6-5-9-3-2(4(11)10-5)7-1-8-3;2-1(3)4/h1H,(H4,6,7,8,9,10,11);2-4H. The number of rotatable bonds is 0. The maximum absolute atomic E-state index is 11.0. The zero-order chi connectivity index (χ0) is 11.4. The molecule has 0 amide bonds. The predicted octanol–water partition coefficient (Wildman–Crippen LogP) is -2.82. The van der Waals surface area contributed by atoms with E-state index in [2.05, 4.69) is 19.9 Å². The number of nitrogens with two attached hydrogens (primary N) is 1. The lowest BCUT2D eigenvalue weighted by molar-refractivity contribution is 0.278. The van der Waals surface area contributed by atoms with Crippen molar-refractivity contribution in [2.24, 2.45) is 0 Å². The number of imidazole rings is 1. The largest absolute Gasteiger partial charge is 0.631 e. The second kappa shape index (κ2) is 4.55. The Bertz CT molecular complexity index is 491. The Balaban J connectivity index is 0.000000245. The first-order valence-electron chi connectivity index (χ1n) is 3.74. The molecule has 2 aromatic rings. The molecule has 0 aliphatic rings. The van der Waals surface area contributed by atoms with Gasteiger partial charge in [-0.1, -0.05) is 0 Å². The lowest BCUT2D eigenvalue weighted by Crippen LogP contribution is -2.10. The van der Waals surface area contributed by atoms with Crippen LogP contribution in [0.3, 0.4) is 0 Å². The van der Waals surface area contributed by atoms with Gasteiger partial charge in [0, 0.05) is 0 Å². The van der Waals surface area contributed by atoms with E-state index in [0.717, 1.165) is 0 Å². The van der Waals surface area contributed by atoms with Crippen molar-refractivity contribution in [3.8, 4) is 0 Å². The quantitative estimate of drug-likeness (QED) is 0.257. The smallest absolute Gasteiger partial charge is 0.402 e. The van der Waals surface area contributed by atoms with Crippen LogP contribution in [0.1, 0.15) is 0 Å². The number of nitrogen functional groups attached to an aromatic ring is 1. The maximum atomic E-state index is 11.0. The van der Waals surface area contributed by atoms with E-state index in [0.29, 0.717) is 11.2 Å². The third-order valence-corrected chi connectivity index (χ3v) is 1.31. The minimum Gasteiger partial charge on any atom is -0.402 e.